The highest BCUT2D eigenvalue weighted by Gasteiger charge is 2.12. The van der Waals surface area contributed by atoms with Crippen LogP contribution in [0.15, 0.2) is 60.7 Å². The molecule has 24 heavy (non-hydrogen) atoms. The lowest BCUT2D eigenvalue weighted by Crippen LogP contribution is -2.10. The molecule has 4 heteroatoms. The molecule has 122 valence electrons. The topological polar surface area (TPSA) is 34.9 Å². The van der Waals surface area contributed by atoms with Gasteiger partial charge in [-0.25, -0.2) is 9.07 Å². The smallest absolute Gasteiger partial charge is 0.139 e. The molecule has 0 saturated heterocycles. The zero-order chi connectivity index (χ0) is 16.9. The number of halogens is 1. The van der Waals surface area contributed by atoms with Gasteiger partial charge < -0.3 is 0 Å². The largest absolute Gasteiger partial charge is 0.299 e. The second-order valence-electron chi connectivity index (χ2n) is 5.83. The summed E-state index contributed by atoms with van der Waals surface area (Å²) in [5.41, 5.74) is 3.24. The quantitative estimate of drug-likeness (QED) is 0.686. The van der Waals surface area contributed by atoms with E-state index in [1.54, 1.807) is 22.9 Å². The molecule has 0 bridgehead atoms. The van der Waals surface area contributed by atoms with Crippen molar-refractivity contribution in [3.8, 4) is 5.69 Å². The van der Waals surface area contributed by atoms with Crippen molar-refractivity contribution < 1.29 is 9.18 Å². The average Bonchev–Trinajstić information content (AvgIpc) is 2.95. The van der Waals surface area contributed by atoms with E-state index >= 15 is 0 Å². The molecule has 1 heterocycles. The van der Waals surface area contributed by atoms with E-state index in [-0.39, 0.29) is 11.6 Å². The van der Waals surface area contributed by atoms with E-state index in [1.807, 2.05) is 43.3 Å². The van der Waals surface area contributed by atoms with Crippen LogP contribution in [0, 0.1) is 12.7 Å². The maximum absolute atomic E-state index is 13.6. The predicted octanol–water partition coefficient (Wildman–Crippen LogP) is 4.06. The minimum atomic E-state index is -0.254. The van der Waals surface area contributed by atoms with E-state index in [0.717, 1.165) is 17.1 Å². The fourth-order valence-corrected chi connectivity index (χ4v) is 2.74. The van der Waals surface area contributed by atoms with Gasteiger partial charge >= 0.3 is 0 Å². The molecule has 3 aromatic rings. The summed E-state index contributed by atoms with van der Waals surface area (Å²) >= 11 is 0. The molecule has 0 aliphatic rings. The van der Waals surface area contributed by atoms with E-state index in [1.165, 1.54) is 6.07 Å². The molecule has 0 spiro atoms. The highest BCUT2D eigenvalue weighted by atomic mass is 19.1. The normalized spacial score (nSPS) is 10.8. The molecule has 0 atom stereocenters. The van der Waals surface area contributed by atoms with E-state index in [4.69, 9.17) is 0 Å². The van der Waals surface area contributed by atoms with Gasteiger partial charge in [-0.3, -0.25) is 4.79 Å². The fourth-order valence-electron chi connectivity index (χ4n) is 2.74. The maximum Gasteiger partial charge on any atom is 0.139 e. The summed E-state index contributed by atoms with van der Waals surface area (Å²) in [6.45, 7) is 1.91. The van der Waals surface area contributed by atoms with Gasteiger partial charge in [0.05, 0.1) is 17.1 Å². The summed E-state index contributed by atoms with van der Waals surface area (Å²) in [6, 6.07) is 18.3. The van der Waals surface area contributed by atoms with Crippen LogP contribution < -0.4 is 0 Å². The number of aryl methyl sites for hydroxylation is 2. The number of ketones is 1. The van der Waals surface area contributed by atoms with E-state index in [2.05, 4.69) is 5.10 Å². The number of benzene rings is 2. The lowest BCUT2D eigenvalue weighted by Gasteiger charge is -2.07. The average molecular weight is 322 g/mol. The van der Waals surface area contributed by atoms with Gasteiger partial charge in [-0.15, -0.1) is 0 Å². The molecule has 0 saturated carbocycles. The number of hydrogen-bond acceptors (Lipinski definition) is 2. The Labute approximate surface area is 140 Å². The first-order valence-corrected chi connectivity index (χ1v) is 7.99. The Morgan fingerprint density at radius 2 is 1.79 bits per heavy atom. The first-order chi connectivity index (χ1) is 11.6. The van der Waals surface area contributed by atoms with Crippen molar-refractivity contribution in [2.45, 2.75) is 26.2 Å². The second-order valence-corrected chi connectivity index (χ2v) is 5.83. The van der Waals surface area contributed by atoms with Gasteiger partial charge in [0.25, 0.3) is 0 Å². The summed E-state index contributed by atoms with van der Waals surface area (Å²) in [4.78, 5) is 12.3. The number of nitrogens with zero attached hydrogens (tertiary/aromatic N) is 2. The molecular formula is C20H19FN2O. The second kappa shape index (κ2) is 7.21. The molecule has 0 amide bonds. The molecule has 0 aliphatic carbocycles. The molecule has 0 aliphatic heterocycles. The van der Waals surface area contributed by atoms with E-state index in [0.29, 0.717) is 24.8 Å². The maximum atomic E-state index is 13.6. The van der Waals surface area contributed by atoms with Crippen LogP contribution in [0.3, 0.4) is 0 Å². The number of aromatic nitrogens is 2. The first kappa shape index (κ1) is 16.1. The van der Waals surface area contributed by atoms with Gasteiger partial charge in [-0.05, 0) is 43.2 Å². The van der Waals surface area contributed by atoms with Crippen LogP contribution in [0.5, 0.6) is 0 Å². The number of Topliss-reactive ketones (excluding diaryl/α,β-unsaturated/α-hetero) is 1. The number of carbonyl (C=O) groups is 1. The highest BCUT2D eigenvalue weighted by molar-refractivity contribution is 5.80. The van der Waals surface area contributed by atoms with Crippen molar-refractivity contribution in [3.05, 3.63) is 83.4 Å². The SMILES string of the molecule is Cc1cc(CC(=O)CCc2ccccc2F)n(-c2ccccc2)n1. The Bertz CT molecular complexity index is 840. The van der Waals surface area contributed by atoms with Crippen LogP contribution in [-0.2, 0) is 17.6 Å². The van der Waals surface area contributed by atoms with Crippen LogP contribution >= 0.6 is 0 Å². The summed E-state index contributed by atoms with van der Waals surface area (Å²) in [6.07, 6.45) is 1.04. The first-order valence-electron chi connectivity index (χ1n) is 7.99. The van der Waals surface area contributed by atoms with Crippen LogP contribution in [0.25, 0.3) is 5.69 Å². The molecular weight excluding hydrogens is 303 g/mol. The molecule has 0 fully saturated rings. The molecule has 3 nitrogen and oxygen atoms in total. The minimum absolute atomic E-state index is 0.0790. The van der Waals surface area contributed by atoms with Gasteiger partial charge in [0.2, 0.25) is 0 Å². The van der Waals surface area contributed by atoms with Crippen molar-refractivity contribution in [1.82, 2.24) is 9.78 Å². The van der Waals surface area contributed by atoms with Crippen molar-refractivity contribution in [3.63, 3.8) is 0 Å². The molecule has 0 radical (unpaired) electrons. The molecule has 0 unspecified atom stereocenters. The zero-order valence-corrected chi connectivity index (χ0v) is 13.6. The number of carbonyl (C=O) groups excluding carboxylic acids is 1. The van der Waals surface area contributed by atoms with E-state index in [9.17, 15) is 9.18 Å². The van der Waals surface area contributed by atoms with Gasteiger partial charge in [-0.1, -0.05) is 36.4 Å². The number of hydrogen-bond donors (Lipinski definition) is 0. The molecule has 1 aromatic heterocycles. The van der Waals surface area contributed by atoms with Crippen molar-refractivity contribution in [1.29, 1.82) is 0 Å². The lowest BCUT2D eigenvalue weighted by molar-refractivity contribution is -0.118. The third-order valence-corrected chi connectivity index (χ3v) is 3.92. The number of para-hydroxylation sites is 1. The molecule has 3 rings (SSSR count). The summed E-state index contributed by atoms with van der Waals surface area (Å²) in [5.74, 6) is -0.175. The number of rotatable bonds is 6. The Morgan fingerprint density at radius 1 is 1.08 bits per heavy atom. The fraction of sp³-hybridized carbons (Fsp3) is 0.200. The Kier molecular flexibility index (Phi) is 4.85. The minimum Gasteiger partial charge on any atom is -0.299 e. The summed E-state index contributed by atoms with van der Waals surface area (Å²) in [7, 11) is 0. The molecule has 0 N–H and O–H groups in total. The van der Waals surface area contributed by atoms with Gasteiger partial charge in [0.1, 0.15) is 11.6 Å². The van der Waals surface area contributed by atoms with Gasteiger partial charge in [-0.2, -0.15) is 5.10 Å². The summed E-state index contributed by atoms with van der Waals surface area (Å²) < 4.78 is 15.4. The standard InChI is InChI=1S/C20H19FN2O/c1-15-13-18(23(22-15)17-8-3-2-4-9-17)14-19(24)12-11-16-7-5-6-10-20(16)21/h2-10,13H,11-12,14H2,1H3. The third-order valence-electron chi connectivity index (χ3n) is 3.92. The van der Waals surface area contributed by atoms with Crippen molar-refractivity contribution in [2.24, 2.45) is 0 Å². The van der Waals surface area contributed by atoms with Crippen LogP contribution in [0.4, 0.5) is 4.39 Å². The lowest BCUT2D eigenvalue weighted by atomic mass is 10.0. The van der Waals surface area contributed by atoms with Gasteiger partial charge in [0, 0.05) is 12.8 Å². The zero-order valence-electron chi connectivity index (χ0n) is 13.6. The Balaban J connectivity index is 1.70. The predicted molar refractivity (Wildman–Crippen MR) is 91.7 cm³/mol. The van der Waals surface area contributed by atoms with Crippen LogP contribution in [-0.4, -0.2) is 15.6 Å². The van der Waals surface area contributed by atoms with E-state index < -0.39 is 0 Å². The monoisotopic (exact) mass is 322 g/mol. The third kappa shape index (κ3) is 3.77. The van der Waals surface area contributed by atoms with Crippen molar-refractivity contribution >= 4 is 5.78 Å². The molecule has 2 aromatic carbocycles. The van der Waals surface area contributed by atoms with Crippen LogP contribution in [0.2, 0.25) is 0 Å². The highest BCUT2D eigenvalue weighted by Crippen LogP contribution is 2.15. The Hall–Kier alpha value is -2.75. The Morgan fingerprint density at radius 3 is 2.54 bits per heavy atom. The van der Waals surface area contributed by atoms with Crippen LogP contribution in [0.1, 0.15) is 23.4 Å². The van der Waals surface area contributed by atoms with Crippen molar-refractivity contribution in [2.75, 3.05) is 0 Å². The summed E-state index contributed by atoms with van der Waals surface area (Å²) in [5, 5.41) is 4.47. The van der Waals surface area contributed by atoms with Gasteiger partial charge in [0.15, 0.2) is 0 Å².